The molecule has 5 heteroatoms. The number of aliphatic carboxylic acids is 1. The van der Waals surface area contributed by atoms with Gasteiger partial charge in [-0.1, -0.05) is 24.3 Å². The molecule has 5 nitrogen and oxygen atoms in total. The Morgan fingerprint density at radius 2 is 2.00 bits per heavy atom. The summed E-state index contributed by atoms with van der Waals surface area (Å²) in [5.74, 6) is -0.534. The molecular formula is C19H26N2O3. The van der Waals surface area contributed by atoms with E-state index in [2.05, 4.69) is 12.1 Å². The lowest BCUT2D eigenvalue weighted by molar-refractivity contribution is -0.138. The van der Waals surface area contributed by atoms with Crippen molar-refractivity contribution in [3.05, 3.63) is 35.4 Å². The highest BCUT2D eigenvalue weighted by Gasteiger charge is 2.32. The molecule has 1 aliphatic carbocycles. The molecule has 2 unspecified atom stereocenters. The fourth-order valence-corrected chi connectivity index (χ4v) is 4.12. The Kier molecular flexibility index (Phi) is 5.19. The number of aryl methyl sites for hydroxylation is 1. The second-order valence-electron chi connectivity index (χ2n) is 7.01. The number of hydrogen-bond donors (Lipinski definition) is 1. The van der Waals surface area contributed by atoms with Gasteiger partial charge in [-0.2, -0.15) is 0 Å². The lowest BCUT2D eigenvalue weighted by atomic mass is 9.99. The van der Waals surface area contributed by atoms with Crippen LogP contribution < -0.4 is 0 Å². The van der Waals surface area contributed by atoms with Gasteiger partial charge in [0.15, 0.2) is 0 Å². The average molecular weight is 330 g/mol. The molecule has 0 saturated carbocycles. The van der Waals surface area contributed by atoms with Gasteiger partial charge in [-0.15, -0.1) is 0 Å². The highest BCUT2D eigenvalue weighted by Crippen LogP contribution is 2.34. The SMILES string of the molecule is CN(CC(=O)O)C1CCCN(C(=O)C2CCc3ccccc32)CC1. The van der Waals surface area contributed by atoms with Crippen LogP contribution in [0.3, 0.4) is 0 Å². The third kappa shape index (κ3) is 3.61. The standard InChI is InChI=1S/C19H26N2O3/c1-20(13-18(22)23)15-6-4-11-21(12-10-15)19(24)17-9-8-14-5-2-3-7-16(14)17/h2-3,5,7,15,17H,4,6,8-13H2,1H3,(H,22,23). The molecule has 0 aromatic heterocycles. The van der Waals surface area contributed by atoms with Gasteiger partial charge in [-0.05, 0) is 50.3 Å². The van der Waals surface area contributed by atoms with Crippen molar-refractivity contribution in [1.29, 1.82) is 0 Å². The zero-order valence-corrected chi connectivity index (χ0v) is 14.3. The van der Waals surface area contributed by atoms with Gasteiger partial charge in [0, 0.05) is 19.1 Å². The van der Waals surface area contributed by atoms with Crippen LogP contribution in [0.1, 0.15) is 42.7 Å². The molecule has 0 spiro atoms. The molecule has 0 bridgehead atoms. The van der Waals surface area contributed by atoms with Gasteiger partial charge in [0.1, 0.15) is 0 Å². The Morgan fingerprint density at radius 3 is 2.79 bits per heavy atom. The highest BCUT2D eigenvalue weighted by molar-refractivity contribution is 5.85. The number of likely N-dealkylation sites (tertiary alicyclic amines) is 1. The van der Waals surface area contributed by atoms with Gasteiger partial charge in [-0.3, -0.25) is 14.5 Å². The Balaban J connectivity index is 1.62. The van der Waals surface area contributed by atoms with E-state index in [9.17, 15) is 9.59 Å². The first-order valence-electron chi connectivity index (χ1n) is 8.85. The summed E-state index contributed by atoms with van der Waals surface area (Å²) in [7, 11) is 1.86. The number of likely N-dealkylation sites (N-methyl/N-ethyl adjacent to an activating group) is 1. The lowest BCUT2D eigenvalue weighted by Gasteiger charge is -2.26. The fraction of sp³-hybridized carbons (Fsp3) is 0.579. The third-order valence-electron chi connectivity index (χ3n) is 5.45. The van der Waals surface area contributed by atoms with E-state index in [1.165, 1.54) is 11.1 Å². The van der Waals surface area contributed by atoms with Gasteiger partial charge in [0.2, 0.25) is 5.91 Å². The van der Waals surface area contributed by atoms with Crippen LogP contribution in [0.4, 0.5) is 0 Å². The molecule has 0 radical (unpaired) electrons. The molecule has 1 N–H and O–H groups in total. The summed E-state index contributed by atoms with van der Waals surface area (Å²) in [6.45, 7) is 1.58. The van der Waals surface area contributed by atoms with Crippen LogP contribution in [0.15, 0.2) is 24.3 Å². The molecule has 1 amide bonds. The van der Waals surface area contributed by atoms with Gasteiger partial charge >= 0.3 is 5.97 Å². The topological polar surface area (TPSA) is 60.9 Å². The first-order chi connectivity index (χ1) is 11.6. The summed E-state index contributed by atoms with van der Waals surface area (Å²) in [6.07, 6.45) is 4.65. The molecule has 1 heterocycles. The summed E-state index contributed by atoms with van der Waals surface area (Å²) >= 11 is 0. The van der Waals surface area contributed by atoms with Crippen molar-refractivity contribution in [3.8, 4) is 0 Å². The van der Waals surface area contributed by atoms with E-state index < -0.39 is 5.97 Å². The van der Waals surface area contributed by atoms with Crippen LogP contribution in [-0.2, 0) is 16.0 Å². The largest absolute Gasteiger partial charge is 0.480 e. The summed E-state index contributed by atoms with van der Waals surface area (Å²) in [5, 5.41) is 8.96. The maximum Gasteiger partial charge on any atom is 0.317 e. The fourth-order valence-electron chi connectivity index (χ4n) is 4.12. The first-order valence-corrected chi connectivity index (χ1v) is 8.85. The number of carboxylic acids is 1. The van der Waals surface area contributed by atoms with E-state index in [0.29, 0.717) is 0 Å². The van der Waals surface area contributed by atoms with E-state index >= 15 is 0 Å². The molecule has 1 aromatic rings. The lowest BCUT2D eigenvalue weighted by Crippen LogP contribution is -2.38. The van der Waals surface area contributed by atoms with Crippen molar-refractivity contribution < 1.29 is 14.7 Å². The zero-order valence-electron chi connectivity index (χ0n) is 14.3. The van der Waals surface area contributed by atoms with Gasteiger partial charge in [-0.25, -0.2) is 0 Å². The molecule has 1 fully saturated rings. The van der Waals surface area contributed by atoms with E-state index in [1.54, 1.807) is 0 Å². The molecule has 1 aliphatic heterocycles. The van der Waals surface area contributed by atoms with E-state index in [0.717, 1.165) is 45.2 Å². The molecular weight excluding hydrogens is 304 g/mol. The van der Waals surface area contributed by atoms with E-state index in [-0.39, 0.29) is 24.4 Å². The van der Waals surface area contributed by atoms with Crippen LogP contribution in [0.5, 0.6) is 0 Å². The van der Waals surface area contributed by atoms with Crippen molar-refractivity contribution in [2.75, 3.05) is 26.7 Å². The number of carbonyl (C=O) groups excluding carboxylic acids is 1. The van der Waals surface area contributed by atoms with Crippen LogP contribution in [-0.4, -0.2) is 59.5 Å². The van der Waals surface area contributed by atoms with Gasteiger partial charge < -0.3 is 10.0 Å². The normalized spacial score (nSPS) is 23.8. The second kappa shape index (κ2) is 7.34. The van der Waals surface area contributed by atoms with Crippen LogP contribution in [0, 0.1) is 0 Å². The monoisotopic (exact) mass is 330 g/mol. The number of nitrogens with zero attached hydrogens (tertiary/aromatic N) is 2. The van der Waals surface area contributed by atoms with Gasteiger partial charge in [0.25, 0.3) is 0 Å². The molecule has 130 valence electrons. The minimum absolute atomic E-state index is 0.00880. The summed E-state index contributed by atoms with van der Waals surface area (Å²) < 4.78 is 0. The Bertz CT molecular complexity index is 616. The average Bonchev–Trinajstić information content (AvgIpc) is 2.82. The Labute approximate surface area is 143 Å². The number of amides is 1. The second-order valence-corrected chi connectivity index (χ2v) is 7.01. The smallest absolute Gasteiger partial charge is 0.317 e. The van der Waals surface area contributed by atoms with Crippen molar-refractivity contribution >= 4 is 11.9 Å². The molecule has 2 atom stereocenters. The Hall–Kier alpha value is -1.88. The molecule has 24 heavy (non-hydrogen) atoms. The number of fused-ring (bicyclic) bond motifs is 1. The van der Waals surface area contributed by atoms with Crippen molar-refractivity contribution in [2.45, 2.75) is 44.1 Å². The van der Waals surface area contributed by atoms with Crippen LogP contribution >= 0.6 is 0 Å². The quantitative estimate of drug-likeness (QED) is 0.918. The summed E-state index contributed by atoms with van der Waals surface area (Å²) in [5.41, 5.74) is 2.51. The zero-order chi connectivity index (χ0) is 17.1. The predicted molar refractivity (Wildman–Crippen MR) is 92.0 cm³/mol. The number of carbonyl (C=O) groups is 2. The molecule has 2 aliphatic rings. The summed E-state index contributed by atoms with van der Waals surface area (Å²) in [6, 6.07) is 8.52. The maximum atomic E-state index is 13.0. The van der Waals surface area contributed by atoms with Crippen molar-refractivity contribution in [3.63, 3.8) is 0 Å². The van der Waals surface area contributed by atoms with Crippen LogP contribution in [0.2, 0.25) is 0 Å². The predicted octanol–water partition coefficient (Wildman–Crippen LogP) is 2.11. The van der Waals surface area contributed by atoms with E-state index in [4.69, 9.17) is 5.11 Å². The maximum absolute atomic E-state index is 13.0. The number of carboxylic acid groups (broad SMARTS) is 1. The first kappa shape index (κ1) is 17.0. The highest BCUT2D eigenvalue weighted by atomic mass is 16.4. The van der Waals surface area contributed by atoms with E-state index in [1.807, 2.05) is 29.0 Å². The number of rotatable bonds is 4. The number of hydrogen-bond acceptors (Lipinski definition) is 3. The van der Waals surface area contributed by atoms with Crippen LogP contribution in [0.25, 0.3) is 0 Å². The number of benzene rings is 1. The third-order valence-corrected chi connectivity index (χ3v) is 5.45. The molecule has 1 saturated heterocycles. The molecule has 1 aromatic carbocycles. The van der Waals surface area contributed by atoms with Crippen molar-refractivity contribution in [1.82, 2.24) is 9.80 Å². The minimum Gasteiger partial charge on any atom is -0.480 e. The van der Waals surface area contributed by atoms with Crippen molar-refractivity contribution in [2.24, 2.45) is 0 Å². The summed E-state index contributed by atoms with van der Waals surface area (Å²) in [4.78, 5) is 27.8. The Morgan fingerprint density at radius 1 is 1.21 bits per heavy atom. The minimum atomic E-state index is -0.794. The van der Waals surface area contributed by atoms with Gasteiger partial charge in [0.05, 0.1) is 12.5 Å². The molecule has 3 rings (SSSR count).